The van der Waals surface area contributed by atoms with Crippen LogP contribution in [0.4, 0.5) is 0 Å². The summed E-state index contributed by atoms with van der Waals surface area (Å²) < 4.78 is 6.65. The van der Waals surface area contributed by atoms with Crippen molar-refractivity contribution >= 4 is 23.5 Å². The maximum atomic E-state index is 12.6. The second-order valence-electron chi connectivity index (χ2n) is 6.05. The third-order valence-corrected chi connectivity index (χ3v) is 3.96. The van der Waals surface area contributed by atoms with E-state index in [9.17, 15) is 9.59 Å². The van der Waals surface area contributed by atoms with Crippen molar-refractivity contribution in [1.29, 1.82) is 0 Å². The lowest BCUT2D eigenvalue weighted by atomic mass is 9.98. The maximum absolute atomic E-state index is 12.6. The fourth-order valence-corrected chi connectivity index (χ4v) is 2.81. The van der Waals surface area contributed by atoms with Crippen molar-refractivity contribution < 1.29 is 19.4 Å². The molecule has 0 saturated heterocycles. The molecule has 1 atom stereocenters. The number of carboxylic acids is 1. The van der Waals surface area contributed by atoms with Gasteiger partial charge in [0.05, 0.1) is 41.7 Å². The highest BCUT2D eigenvalue weighted by atomic mass is 35.5. The van der Waals surface area contributed by atoms with Gasteiger partial charge in [-0.3, -0.25) is 9.59 Å². The quantitative estimate of drug-likeness (QED) is 0.786. The topological polar surface area (TPSA) is 93.4 Å². The number of ether oxygens (including phenoxy) is 1. The van der Waals surface area contributed by atoms with E-state index in [0.29, 0.717) is 16.3 Å². The van der Waals surface area contributed by atoms with Crippen LogP contribution in [0.3, 0.4) is 0 Å². The van der Waals surface area contributed by atoms with E-state index in [2.05, 4.69) is 10.4 Å². The van der Waals surface area contributed by atoms with Gasteiger partial charge in [-0.05, 0) is 32.0 Å². The molecule has 1 amide bonds. The zero-order valence-corrected chi connectivity index (χ0v) is 15.0. The summed E-state index contributed by atoms with van der Waals surface area (Å²) >= 11 is 6.00. The number of hydrogen-bond acceptors (Lipinski definition) is 4. The molecule has 0 radical (unpaired) electrons. The number of nitrogens with zero attached hydrogens (tertiary/aromatic N) is 2. The zero-order chi connectivity index (χ0) is 18.6. The van der Waals surface area contributed by atoms with E-state index in [0.717, 1.165) is 5.69 Å². The fourth-order valence-electron chi connectivity index (χ4n) is 2.63. The first kappa shape index (κ1) is 19.0. The molecule has 0 aliphatic heterocycles. The average Bonchev–Trinajstić information content (AvgIpc) is 2.88. The molecule has 134 valence electrons. The number of carboxylic acid groups (broad SMARTS) is 1. The summed E-state index contributed by atoms with van der Waals surface area (Å²) in [7, 11) is 1.45. The molecule has 1 aromatic carbocycles. The van der Waals surface area contributed by atoms with Crippen LogP contribution in [0, 0.1) is 6.92 Å². The molecule has 1 unspecified atom stereocenters. The molecule has 1 heterocycles. The number of carbonyl (C=O) groups is 2. The number of methoxy groups -OCH3 is 1. The van der Waals surface area contributed by atoms with Crippen LogP contribution in [0.5, 0.6) is 0 Å². The van der Waals surface area contributed by atoms with Crippen molar-refractivity contribution in [2.75, 3.05) is 13.7 Å². The first-order valence-electron chi connectivity index (χ1n) is 7.59. The van der Waals surface area contributed by atoms with Crippen molar-refractivity contribution in [1.82, 2.24) is 15.1 Å². The molecule has 25 heavy (non-hydrogen) atoms. The van der Waals surface area contributed by atoms with E-state index in [1.165, 1.54) is 13.3 Å². The number of aliphatic carboxylic acids is 1. The molecule has 1 aromatic heterocycles. The molecule has 0 aliphatic carbocycles. The van der Waals surface area contributed by atoms with Crippen LogP contribution in [-0.4, -0.2) is 46.0 Å². The molecule has 8 heteroatoms. The van der Waals surface area contributed by atoms with E-state index < -0.39 is 17.4 Å². The number of nitrogens with one attached hydrogen (secondary N) is 1. The highest BCUT2D eigenvalue weighted by molar-refractivity contribution is 6.30. The van der Waals surface area contributed by atoms with Crippen molar-refractivity contribution in [3.63, 3.8) is 0 Å². The van der Waals surface area contributed by atoms with Gasteiger partial charge in [-0.25, -0.2) is 4.68 Å². The third kappa shape index (κ3) is 4.58. The summed E-state index contributed by atoms with van der Waals surface area (Å²) in [6, 6.07) is 7.11. The third-order valence-electron chi connectivity index (χ3n) is 3.73. The summed E-state index contributed by atoms with van der Waals surface area (Å²) in [4.78, 5) is 23.7. The molecular weight excluding hydrogens is 346 g/mol. The van der Waals surface area contributed by atoms with Crippen molar-refractivity contribution in [3.05, 3.63) is 46.7 Å². The van der Waals surface area contributed by atoms with Gasteiger partial charge in [0.15, 0.2) is 0 Å². The molecule has 0 saturated carbocycles. The first-order valence-corrected chi connectivity index (χ1v) is 7.97. The second-order valence-corrected chi connectivity index (χ2v) is 6.49. The Labute approximate surface area is 150 Å². The van der Waals surface area contributed by atoms with E-state index in [1.807, 2.05) is 6.07 Å². The first-order chi connectivity index (χ1) is 11.8. The summed E-state index contributed by atoms with van der Waals surface area (Å²) in [5, 5.41) is 16.6. The average molecular weight is 366 g/mol. The van der Waals surface area contributed by atoms with Crippen LogP contribution in [0.2, 0.25) is 5.02 Å². The SMILES string of the molecule is COCC(C)(CC(=O)O)NC(=O)c1cnn(-c2cccc(Cl)c2)c1C. The highest BCUT2D eigenvalue weighted by Crippen LogP contribution is 2.19. The lowest BCUT2D eigenvalue weighted by molar-refractivity contribution is -0.139. The van der Waals surface area contributed by atoms with Crippen molar-refractivity contribution in [2.45, 2.75) is 25.8 Å². The Morgan fingerprint density at radius 3 is 2.76 bits per heavy atom. The molecule has 0 bridgehead atoms. The van der Waals surface area contributed by atoms with Gasteiger partial charge in [-0.2, -0.15) is 5.10 Å². The number of amides is 1. The van der Waals surface area contributed by atoms with E-state index in [4.69, 9.17) is 21.4 Å². The lowest BCUT2D eigenvalue weighted by Crippen LogP contribution is -2.50. The zero-order valence-electron chi connectivity index (χ0n) is 14.2. The fraction of sp³-hybridized carbons (Fsp3) is 0.353. The van der Waals surface area contributed by atoms with Gasteiger partial charge in [0, 0.05) is 12.1 Å². The van der Waals surface area contributed by atoms with Gasteiger partial charge in [0.25, 0.3) is 5.91 Å². The highest BCUT2D eigenvalue weighted by Gasteiger charge is 2.31. The van der Waals surface area contributed by atoms with Crippen LogP contribution >= 0.6 is 11.6 Å². The minimum absolute atomic E-state index is 0.0759. The number of benzene rings is 1. The summed E-state index contributed by atoms with van der Waals surface area (Å²) in [6.07, 6.45) is 1.19. The minimum Gasteiger partial charge on any atom is -0.481 e. The van der Waals surface area contributed by atoms with Gasteiger partial charge >= 0.3 is 5.97 Å². The molecule has 0 aliphatic rings. The van der Waals surface area contributed by atoms with E-state index >= 15 is 0 Å². The molecular formula is C17H20ClN3O4. The number of rotatable bonds is 7. The molecule has 0 fully saturated rings. The standard InChI is InChI=1S/C17H20ClN3O4/c1-11-14(9-19-21(11)13-6-4-5-12(18)7-13)16(24)20-17(2,10-25-3)8-15(22)23/h4-7,9H,8,10H2,1-3H3,(H,20,24)(H,22,23). The second kappa shape index (κ2) is 7.67. The van der Waals surface area contributed by atoms with Gasteiger partial charge < -0.3 is 15.2 Å². The normalized spacial score (nSPS) is 13.3. The number of aromatic nitrogens is 2. The number of hydrogen-bond donors (Lipinski definition) is 2. The van der Waals surface area contributed by atoms with Gasteiger partial charge in [0.1, 0.15) is 0 Å². The maximum Gasteiger partial charge on any atom is 0.305 e. The van der Waals surface area contributed by atoms with E-state index in [-0.39, 0.29) is 13.0 Å². The van der Waals surface area contributed by atoms with Gasteiger partial charge in [-0.15, -0.1) is 0 Å². The van der Waals surface area contributed by atoms with Crippen LogP contribution in [-0.2, 0) is 9.53 Å². The Bertz CT molecular complexity index is 790. The van der Waals surface area contributed by atoms with Gasteiger partial charge in [0.2, 0.25) is 0 Å². The molecule has 2 N–H and O–H groups in total. The van der Waals surface area contributed by atoms with Crippen LogP contribution in [0.25, 0.3) is 5.69 Å². The Kier molecular flexibility index (Phi) is 5.81. The summed E-state index contributed by atoms with van der Waals surface area (Å²) in [5.41, 5.74) is 0.680. The Hall–Kier alpha value is -2.38. The summed E-state index contributed by atoms with van der Waals surface area (Å²) in [5.74, 6) is -1.43. The predicted octanol–water partition coefficient (Wildman–Crippen LogP) is 2.44. The number of carbonyl (C=O) groups excluding carboxylic acids is 1. The Balaban J connectivity index is 2.27. The number of halogens is 1. The van der Waals surface area contributed by atoms with Crippen LogP contribution < -0.4 is 5.32 Å². The predicted molar refractivity (Wildman–Crippen MR) is 93.3 cm³/mol. The Morgan fingerprint density at radius 1 is 1.44 bits per heavy atom. The van der Waals surface area contributed by atoms with Crippen LogP contribution in [0.15, 0.2) is 30.5 Å². The smallest absolute Gasteiger partial charge is 0.305 e. The monoisotopic (exact) mass is 365 g/mol. The molecule has 2 rings (SSSR count). The molecule has 0 spiro atoms. The Morgan fingerprint density at radius 2 is 2.16 bits per heavy atom. The summed E-state index contributed by atoms with van der Waals surface area (Å²) in [6.45, 7) is 3.46. The van der Waals surface area contributed by atoms with Gasteiger partial charge in [-0.1, -0.05) is 17.7 Å². The molecule has 7 nitrogen and oxygen atoms in total. The molecule has 2 aromatic rings. The van der Waals surface area contributed by atoms with E-state index in [1.54, 1.807) is 36.7 Å². The van der Waals surface area contributed by atoms with Crippen LogP contribution in [0.1, 0.15) is 29.4 Å². The largest absolute Gasteiger partial charge is 0.481 e. The minimum atomic E-state index is -1.03. The van der Waals surface area contributed by atoms with Crippen molar-refractivity contribution in [2.24, 2.45) is 0 Å². The van der Waals surface area contributed by atoms with Crippen molar-refractivity contribution in [3.8, 4) is 5.69 Å². The lowest BCUT2D eigenvalue weighted by Gasteiger charge is -2.28.